The molecule has 3 atom stereocenters. The lowest BCUT2D eigenvalue weighted by atomic mass is 9.83. The molecule has 2 aliphatic rings. The van der Waals surface area contributed by atoms with E-state index in [-0.39, 0.29) is 29.8 Å². The molecule has 2 N–H and O–H groups in total. The van der Waals surface area contributed by atoms with Gasteiger partial charge in [-0.25, -0.2) is 0 Å². The molecule has 1 heterocycles. The van der Waals surface area contributed by atoms with Crippen molar-refractivity contribution in [1.82, 2.24) is 15.5 Å². The van der Waals surface area contributed by atoms with Crippen LogP contribution in [0.1, 0.15) is 63.5 Å². The van der Waals surface area contributed by atoms with Crippen LogP contribution in [-0.2, 0) is 9.59 Å². The highest BCUT2D eigenvalue weighted by molar-refractivity contribution is 7.99. The summed E-state index contributed by atoms with van der Waals surface area (Å²) in [5.74, 6) is 0.214. The van der Waals surface area contributed by atoms with E-state index in [1.54, 1.807) is 18.8 Å². The molecule has 4 rings (SSSR count). The Balaban J connectivity index is 1.53. The van der Waals surface area contributed by atoms with Gasteiger partial charge in [0.25, 0.3) is 0 Å². The predicted molar refractivity (Wildman–Crippen MR) is 138 cm³/mol. The van der Waals surface area contributed by atoms with Gasteiger partial charge in [0, 0.05) is 16.3 Å². The van der Waals surface area contributed by atoms with Crippen LogP contribution in [0.3, 0.4) is 0 Å². The number of likely N-dealkylation sites (tertiary alicyclic amines) is 1. The van der Waals surface area contributed by atoms with Gasteiger partial charge in [0.1, 0.15) is 6.04 Å². The first-order chi connectivity index (χ1) is 16.6. The third-order valence-corrected chi connectivity index (χ3v) is 8.27. The van der Waals surface area contributed by atoms with E-state index in [0.717, 1.165) is 45.1 Å². The van der Waals surface area contributed by atoms with Crippen molar-refractivity contribution in [2.75, 3.05) is 13.6 Å². The normalized spacial score (nSPS) is 20.6. The molecule has 5 nitrogen and oxygen atoms in total. The lowest BCUT2D eigenvalue weighted by Gasteiger charge is -2.35. The van der Waals surface area contributed by atoms with Gasteiger partial charge in [-0.1, -0.05) is 61.4 Å². The summed E-state index contributed by atoms with van der Waals surface area (Å²) in [6.07, 6.45) is 7.45. The fourth-order valence-corrected chi connectivity index (χ4v) is 6.13. The van der Waals surface area contributed by atoms with Crippen LogP contribution in [0.5, 0.6) is 0 Å². The Morgan fingerprint density at radius 2 is 1.68 bits per heavy atom. The number of carbonyl (C=O) groups is 2. The zero-order chi connectivity index (χ0) is 23.9. The predicted octanol–water partition coefficient (Wildman–Crippen LogP) is 5.17. The number of likely N-dealkylation sites (N-methyl/N-ethyl adjacent to an activating group) is 1. The Bertz CT molecular complexity index is 961. The molecule has 2 fully saturated rings. The van der Waals surface area contributed by atoms with Crippen LogP contribution in [0.4, 0.5) is 0 Å². The SMILES string of the molecule is CNC(C)C(=O)N[C@H](C(=O)N1CCCC1c1cccc(Sc2ccccc2)c1)C1CCCCC1. The zero-order valence-electron chi connectivity index (χ0n) is 20.3. The van der Waals surface area contributed by atoms with E-state index in [2.05, 4.69) is 59.2 Å². The highest BCUT2D eigenvalue weighted by atomic mass is 32.2. The Morgan fingerprint density at radius 1 is 0.941 bits per heavy atom. The number of nitrogens with zero attached hydrogens (tertiary/aromatic N) is 1. The van der Waals surface area contributed by atoms with Gasteiger partial charge in [-0.2, -0.15) is 0 Å². The van der Waals surface area contributed by atoms with Gasteiger partial charge >= 0.3 is 0 Å². The van der Waals surface area contributed by atoms with Gasteiger partial charge in [-0.3, -0.25) is 9.59 Å². The number of rotatable bonds is 8. The minimum absolute atomic E-state index is 0.0635. The summed E-state index contributed by atoms with van der Waals surface area (Å²) in [7, 11) is 1.78. The van der Waals surface area contributed by atoms with Gasteiger partial charge in [0.05, 0.1) is 12.1 Å². The van der Waals surface area contributed by atoms with E-state index >= 15 is 0 Å². The average molecular weight is 480 g/mol. The van der Waals surface area contributed by atoms with Gasteiger partial charge in [-0.15, -0.1) is 0 Å². The summed E-state index contributed by atoms with van der Waals surface area (Å²) in [4.78, 5) is 31.1. The summed E-state index contributed by atoms with van der Waals surface area (Å²) >= 11 is 1.75. The van der Waals surface area contributed by atoms with Crippen molar-refractivity contribution in [1.29, 1.82) is 0 Å². The monoisotopic (exact) mass is 479 g/mol. The molecule has 2 aromatic rings. The number of nitrogens with one attached hydrogen (secondary N) is 2. The second-order valence-corrected chi connectivity index (χ2v) is 10.7. The van der Waals surface area contributed by atoms with Crippen LogP contribution in [-0.4, -0.2) is 42.4 Å². The lowest BCUT2D eigenvalue weighted by Crippen LogP contribution is -2.55. The first-order valence-electron chi connectivity index (χ1n) is 12.7. The van der Waals surface area contributed by atoms with Crippen molar-refractivity contribution in [3.05, 3.63) is 60.2 Å². The molecule has 1 saturated carbocycles. The third kappa shape index (κ3) is 6.02. The van der Waals surface area contributed by atoms with Crippen molar-refractivity contribution in [3.8, 4) is 0 Å². The highest BCUT2D eigenvalue weighted by Gasteiger charge is 2.39. The number of benzene rings is 2. The van der Waals surface area contributed by atoms with Gasteiger partial charge in [0.15, 0.2) is 0 Å². The number of hydrogen-bond acceptors (Lipinski definition) is 4. The van der Waals surface area contributed by atoms with Crippen molar-refractivity contribution < 1.29 is 9.59 Å². The third-order valence-electron chi connectivity index (χ3n) is 7.27. The quantitative estimate of drug-likeness (QED) is 0.548. The van der Waals surface area contributed by atoms with Crippen molar-refractivity contribution in [2.45, 2.75) is 79.8 Å². The molecule has 182 valence electrons. The van der Waals surface area contributed by atoms with Crippen molar-refractivity contribution >= 4 is 23.6 Å². The fourth-order valence-electron chi connectivity index (χ4n) is 5.22. The number of hydrogen-bond donors (Lipinski definition) is 2. The molecule has 0 bridgehead atoms. The van der Waals surface area contributed by atoms with E-state index in [9.17, 15) is 9.59 Å². The summed E-state index contributed by atoms with van der Waals surface area (Å²) in [6, 6.07) is 18.3. The molecule has 0 spiro atoms. The van der Waals surface area contributed by atoms with Crippen LogP contribution >= 0.6 is 11.8 Å². The van der Waals surface area contributed by atoms with Gasteiger partial charge in [-0.05, 0) is 75.4 Å². The van der Waals surface area contributed by atoms with E-state index in [1.165, 1.54) is 21.8 Å². The van der Waals surface area contributed by atoms with Crippen molar-refractivity contribution in [2.24, 2.45) is 5.92 Å². The molecule has 1 saturated heterocycles. The maximum atomic E-state index is 13.9. The molecule has 34 heavy (non-hydrogen) atoms. The van der Waals surface area contributed by atoms with E-state index in [1.807, 2.05) is 17.9 Å². The maximum Gasteiger partial charge on any atom is 0.245 e. The minimum Gasteiger partial charge on any atom is -0.343 e. The first kappa shape index (κ1) is 24.8. The van der Waals surface area contributed by atoms with Crippen LogP contribution in [0.2, 0.25) is 0 Å². The average Bonchev–Trinajstić information content (AvgIpc) is 3.38. The van der Waals surface area contributed by atoms with E-state index < -0.39 is 6.04 Å². The Hall–Kier alpha value is -2.31. The molecule has 6 heteroatoms. The number of amides is 2. The zero-order valence-corrected chi connectivity index (χ0v) is 21.2. The Morgan fingerprint density at radius 3 is 2.41 bits per heavy atom. The second-order valence-electron chi connectivity index (χ2n) is 9.57. The van der Waals surface area contributed by atoms with E-state index in [4.69, 9.17) is 0 Å². The van der Waals surface area contributed by atoms with Crippen LogP contribution in [0.15, 0.2) is 64.4 Å². The molecular weight excluding hydrogens is 442 g/mol. The fraction of sp³-hybridized carbons (Fsp3) is 0.500. The number of carbonyl (C=O) groups excluding carboxylic acids is 2. The van der Waals surface area contributed by atoms with Crippen LogP contribution < -0.4 is 10.6 Å². The smallest absolute Gasteiger partial charge is 0.245 e. The van der Waals surface area contributed by atoms with Crippen molar-refractivity contribution in [3.63, 3.8) is 0 Å². The molecule has 2 unspecified atom stereocenters. The highest BCUT2D eigenvalue weighted by Crippen LogP contribution is 2.37. The lowest BCUT2D eigenvalue weighted by molar-refractivity contribution is -0.139. The molecule has 2 amide bonds. The first-order valence-corrected chi connectivity index (χ1v) is 13.5. The Labute approximate surface area is 208 Å². The summed E-state index contributed by atoms with van der Waals surface area (Å²) in [5, 5.41) is 6.14. The molecule has 1 aliphatic heterocycles. The summed E-state index contributed by atoms with van der Waals surface area (Å²) in [5.41, 5.74) is 1.18. The second kappa shape index (κ2) is 11.9. The van der Waals surface area contributed by atoms with Crippen LogP contribution in [0.25, 0.3) is 0 Å². The summed E-state index contributed by atoms with van der Waals surface area (Å²) in [6.45, 7) is 2.59. The standard InChI is InChI=1S/C28H37N3O2S/c1-20(29-2)27(32)30-26(21-11-5-3-6-12-21)28(33)31-18-10-17-25(31)22-13-9-16-24(19-22)34-23-14-7-4-8-15-23/h4,7-9,13-16,19-21,25-26,29H,3,5-6,10-12,17-18H2,1-2H3,(H,30,32)/t20?,25?,26-/m0/s1. The van der Waals surface area contributed by atoms with Gasteiger partial charge < -0.3 is 15.5 Å². The molecule has 1 aliphatic carbocycles. The maximum absolute atomic E-state index is 13.9. The molecule has 0 aromatic heterocycles. The topological polar surface area (TPSA) is 61.4 Å². The van der Waals surface area contributed by atoms with Crippen LogP contribution in [0, 0.1) is 5.92 Å². The van der Waals surface area contributed by atoms with E-state index in [0.29, 0.717) is 0 Å². The largest absolute Gasteiger partial charge is 0.343 e. The molecule has 0 radical (unpaired) electrons. The van der Waals surface area contributed by atoms with Gasteiger partial charge in [0.2, 0.25) is 11.8 Å². The Kier molecular flexibility index (Phi) is 8.68. The minimum atomic E-state index is -0.439. The molecule has 2 aromatic carbocycles. The summed E-state index contributed by atoms with van der Waals surface area (Å²) < 4.78 is 0. The molecular formula is C28H37N3O2S.